The van der Waals surface area contributed by atoms with Crippen molar-refractivity contribution in [1.82, 2.24) is 0 Å². The normalized spacial score (nSPS) is 15.1. The van der Waals surface area contributed by atoms with E-state index in [9.17, 15) is 19.3 Å². The number of non-ortho nitro benzene ring substituents is 1. The molecule has 0 atom stereocenters. The molecule has 0 saturated heterocycles. The molecule has 0 spiro atoms. The molecule has 1 aromatic rings. The Kier molecular flexibility index (Phi) is 3.03. The predicted molar refractivity (Wildman–Crippen MR) is 59.0 cm³/mol. The van der Waals surface area contributed by atoms with E-state index in [1.165, 1.54) is 0 Å². The van der Waals surface area contributed by atoms with Crippen molar-refractivity contribution in [2.24, 2.45) is 5.92 Å². The van der Waals surface area contributed by atoms with E-state index >= 15 is 0 Å². The standard InChI is InChI=1S/C11H11FN2O3/c12-9-5-4-8(14(16)17)6-10(9)13-11(15)7-2-1-3-7/h4-7H,1-3H2,(H,13,15). The number of benzene rings is 1. The molecule has 0 bridgehead atoms. The van der Waals surface area contributed by atoms with E-state index < -0.39 is 10.7 Å². The molecule has 0 aliphatic heterocycles. The van der Waals surface area contributed by atoms with Gasteiger partial charge in [-0.2, -0.15) is 0 Å². The summed E-state index contributed by atoms with van der Waals surface area (Å²) in [6.07, 6.45) is 2.58. The number of amides is 1. The van der Waals surface area contributed by atoms with Crippen molar-refractivity contribution in [3.8, 4) is 0 Å². The second-order valence-corrected chi connectivity index (χ2v) is 4.04. The summed E-state index contributed by atoms with van der Waals surface area (Å²) < 4.78 is 13.3. The first-order chi connectivity index (χ1) is 8.08. The minimum atomic E-state index is -0.664. The van der Waals surface area contributed by atoms with Crippen molar-refractivity contribution in [3.63, 3.8) is 0 Å². The molecule has 1 saturated carbocycles. The van der Waals surface area contributed by atoms with Crippen LogP contribution in [0.4, 0.5) is 15.8 Å². The zero-order valence-corrected chi connectivity index (χ0v) is 8.98. The van der Waals surface area contributed by atoms with Crippen molar-refractivity contribution >= 4 is 17.3 Å². The number of hydrogen-bond acceptors (Lipinski definition) is 3. The van der Waals surface area contributed by atoms with Gasteiger partial charge < -0.3 is 5.32 Å². The lowest BCUT2D eigenvalue weighted by Gasteiger charge is -2.24. The highest BCUT2D eigenvalue weighted by Crippen LogP contribution is 2.29. The van der Waals surface area contributed by atoms with Gasteiger partial charge in [0.2, 0.25) is 5.91 Å². The van der Waals surface area contributed by atoms with Gasteiger partial charge in [-0.1, -0.05) is 6.42 Å². The lowest BCUT2D eigenvalue weighted by atomic mass is 9.85. The number of rotatable bonds is 3. The molecule has 2 rings (SSSR count). The number of carbonyl (C=O) groups excluding carboxylic acids is 1. The van der Waals surface area contributed by atoms with Crippen molar-refractivity contribution < 1.29 is 14.1 Å². The average Bonchev–Trinajstić information content (AvgIpc) is 2.18. The Morgan fingerprint density at radius 3 is 2.71 bits per heavy atom. The highest BCUT2D eigenvalue weighted by molar-refractivity contribution is 5.93. The zero-order chi connectivity index (χ0) is 12.4. The van der Waals surface area contributed by atoms with E-state index in [0.717, 1.165) is 37.5 Å². The summed E-state index contributed by atoms with van der Waals surface area (Å²) in [7, 11) is 0. The van der Waals surface area contributed by atoms with Crippen molar-refractivity contribution in [1.29, 1.82) is 0 Å². The van der Waals surface area contributed by atoms with Crippen LogP contribution < -0.4 is 5.32 Å². The van der Waals surface area contributed by atoms with E-state index in [1.54, 1.807) is 0 Å². The Hall–Kier alpha value is -1.98. The number of anilines is 1. The van der Waals surface area contributed by atoms with Crippen LogP contribution in [0.5, 0.6) is 0 Å². The second kappa shape index (κ2) is 4.48. The molecule has 90 valence electrons. The smallest absolute Gasteiger partial charge is 0.271 e. The molecule has 0 unspecified atom stereocenters. The fourth-order valence-corrected chi connectivity index (χ4v) is 1.63. The van der Waals surface area contributed by atoms with Gasteiger partial charge in [-0.05, 0) is 18.9 Å². The van der Waals surface area contributed by atoms with E-state index in [0.29, 0.717) is 0 Å². The number of halogens is 1. The molecule has 1 aliphatic carbocycles. The maximum Gasteiger partial charge on any atom is 0.271 e. The third-order valence-electron chi connectivity index (χ3n) is 2.89. The Balaban J connectivity index is 2.16. The molecule has 1 aliphatic rings. The van der Waals surface area contributed by atoms with Crippen LogP contribution in [0.1, 0.15) is 19.3 Å². The summed E-state index contributed by atoms with van der Waals surface area (Å²) in [5, 5.41) is 12.9. The van der Waals surface area contributed by atoms with Gasteiger partial charge in [-0.15, -0.1) is 0 Å². The van der Waals surface area contributed by atoms with Crippen molar-refractivity contribution in [2.75, 3.05) is 5.32 Å². The van der Waals surface area contributed by atoms with Gasteiger partial charge in [0.05, 0.1) is 10.6 Å². The molecule has 1 amide bonds. The SMILES string of the molecule is O=C(Nc1cc([N+](=O)[O-])ccc1F)C1CCC1. The molecule has 0 heterocycles. The molecule has 17 heavy (non-hydrogen) atoms. The van der Waals surface area contributed by atoms with Crippen LogP contribution >= 0.6 is 0 Å². The number of hydrogen-bond donors (Lipinski definition) is 1. The third kappa shape index (κ3) is 2.41. The number of nitro groups is 1. The molecule has 6 heteroatoms. The first-order valence-electron chi connectivity index (χ1n) is 5.33. The molecule has 1 N–H and O–H groups in total. The minimum absolute atomic E-state index is 0.0892. The highest BCUT2D eigenvalue weighted by Gasteiger charge is 2.26. The van der Waals surface area contributed by atoms with E-state index in [2.05, 4.69) is 5.32 Å². The van der Waals surface area contributed by atoms with Crippen LogP contribution in [-0.4, -0.2) is 10.8 Å². The Morgan fingerprint density at radius 2 is 2.18 bits per heavy atom. The van der Waals surface area contributed by atoms with Crippen LogP contribution in [0.25, 0.3) is 0 Å². The van der Waals surface area contributed by atoms with Gasteiger partial charge in [0, 0.05) is 18.1 Å². The first kappa shape index (κ1) is 11.5. The van der Waals surface area contributed by atoms with Gasteiger partial charge in [0.1, 0.15) is 5.82 Å². The fraction of sp³-hybridized carbons (Fsp3) is 0.364. The summed E-state index contributed by atoms with van der Waals surface area (Å²) >= 11 is 0. The van der Waals surface area contributed by atoms with E-state index in [4.69, 9.17) is 0 Å². The van der Waals surface area contributed by atoms with Gasteiger partial charge in [-0.3, -0.25) is 14.9 Å². The fourth-order valence-electron chi connectivity index (χ4n) is 1.63. The molecular weight excluding hydrogens is 227 g/mol. The summed E-state index contributed by atoms with van der Waals surface area (Å²) in [5.41, 5.74) is -0.369. The molecule has 0 radical (unpaired) electrons. The lowest BCUT2D eigenvalue weighted by molar-refractivity contribution is -0.384. The van der Waals surface area contributed by atoms with E-state index in [-0.39, 0.29) is 23.2 Å². The van der Waals surface area contributed by atoms with Crippen LogP contribution in [0.3, 0.4) is 0 Å². The number of nitrogens with zero attached hydrogens (tertiary/aromatic N) is 1. The zero-order valence-electron chi connectivity index (χ0n) is 8.98. The van der Waals surface area contributed by atoms with Crippen LogP contribution in [0.15, 0.2) is 18.2 Å². The number of nitrogens with one attached hydrogen (secondary N) is 1. The van der Waals surface area contributed by atoms with E-state index in [1.807, 2.05) is 0 Å². The third-order valence-corrected chi connectivity index (χ3v) is 2.89. The Bertz CT molecular complexity index is 472. The average molecular weight is 238 g/mol. The molecule has 0 aromatic heterocycles. The van der Waals surface area contributed by atoms with Crippen LogP contribution in [0, 0.1) is 21.8 Å². The molecule has 1 fully saturated rings. The highest BCUT2D eigenvalue weighted by atomic mass is 19.1. The monoisotopic (exact) mass is 238 g/mol. The molecule has 5 nitrogen and oxygen atoms in total. The summed E-state index contributed by atoms with van der Waals surface area (Å²) in [6, 6.07) is 3.08. The predicted octanol–water partition coefficient (Wildman–Crippen LogP) is 2.47. The first-order valence-corrected chi connectivity index (χ1v) is 5.33. The van der Waals surface area contributed by atoms with Gasteiger partial charge in [0.25, 0.3) is 5.69 Å². The quantitative estimate of drug-likeness (QED) is 0.649. The molecular formula is C11H11FN2O3. The second-order valence-electron chi connectivity index (χ2n) is 4.04. The van der Waals surface area contributed by atoms with Crippen molar-refractivity contribution in [3.05, 3.63) is 34.1 Å². The van der Waals surface area contributed by atoms with Crippen LogP contribution in [0.2, 0.25) is 0 Å². The summed E-state index contributed by atoms with van der Waals surface area (Å²) in [5.74, 6) is -1.02. The lowest BCUT2D eigenvalue weighted by Crippen LogP contribution is -2.28. The van der Waals surface area contributed by atoms with Gasteiger partial charge >= 0.3 is 0 Å². The minimum Gasteiger partial charge on any atom is -0.323 e. The maximum absolute atomic E-state index is 13.3. The van der Waals surface area contributed by atoms with Crippen LogP contribution in [-0.2, 0) is 4.79 Å². The van der Waals surface area contributed by atoms with Gasteiger partial charge in [-0.25, -0.2) is 4.39 Å². The van der Waals surface area contributed by atoms with Gasteiger partial charge in [0.15, 0.2) is 0 Å². The summed E-state index contributed by atoms with van der Waals surface area (Å²) in [4.78, 5) is 21.5. The van der Waals surface area contributed by atoms with Crippen molar-refractivity contribution in [2.45, 2.75) is 19.3 Å². The Labute approximate surface area is 96.8 Å². The molecule has 1 aromatic carbocycles. The topological polar surface area (TPSA) is 72.2 Å². The maximum atomic E-state index is 13.3. The summed E-state index contributed by atoms with van der Waals surface area (Å²) in [6.45, 7) is 0. The Morgan fingerprint density at radius 1 is 1.47 bits per heavy atom. The number of nitro benzene ring substituents is 1. The largest absolute Gasteiger partial charge is 0.323 e. The number of carbonyl (C=O) groups is 1.